The standard InChI is InChI=1S/C11H9F4NO/c1-2-5-16-10(17)7-3-4-9(12)8(6-7)11(13,14)15/h2-4,6H,1,5H2,(H,16,17). The minimum atomic E-state index is -4.82. The van der Waals surface area contributed by atoms with Crippen molar-refractivity contribution >= 4 is 5.91 Å². The summed E-state index contributed by atoms with van der Waals surface area (Å²) in [5.74, 6) is -2.12. The minimum Gasteiger partial charge on any atom is -0.349 e. The quantitative estimate of drug-likeness (QED) is 0.645. The highest BCUT2D eigenvalue weighted by Gasteiger charge is 2.34. The van der Waals surface area contributed by atoms with Crippen LogP contribution in [0.15, 0.2) is 30.9 Å². The monoisotopic (exact) mass is 247 g/mol. The summed E-state index contributed by atoms with van der Waals surface area (Å²) in [5.41, 5.74) is -1.70. The van der Waals surface area contributed by atoms with Gasteiger partial charge in [-0.3, -0.25) is 4.79 Å². The zero-order valence-electron chi connectivity index (χ0n) is 8.64. The van der Waals surface area contributed by atoms with Gasteiger partial charge in [0.1, 0.15) is 5.82 Å². The molecule has 92 valence electrons. The Bertz CT molecular complexity index is 440. The van der Waals surface area contributed by atoms with Gasteiger partial charge in [-0.1, -0.05) is 6.08 Å². The van der Waals surface area contributed by atoms with Gasteiger partial charge >= 0.3 is 6.18 Å². The predicted octanol–water partition coefficient (Wildman–Crippen LogP) is 2.76. The molecule has 1 aromatic carbocycles. The van der Waals surface area contributed by atoms with Gasteiger partial charge in [-0.05, 0) is 18.2 Å². The van der Waals surface area contributed by atoms with Crippen molar-refractivity contribution in [2.24, 2.45) is 0 Å². The number of nitrogens with one attached hydrogen (secondary N) is 1. The Morgan fingerprint density at radius 3 is 2.59 bits per heavy atom. The highest BCUT2D eigenvalue weighted by molar-refractivity contribution is 5.94. The van der Waals surface area contributed by atoms with Crippen LogP contribution in [0.2, 0.25) is 0 Å². The molecule has 0 saturated heterocycles. The summed E-state index contributed by atoms with van der Waals surface area (Å²) >= 11 is 0. The van der Waals surface area contributed by atoms with Crippen molar-refractivity contribution in [2.75, 3.05) is 6.54 Å². The maximum Gasteiger partial charge on any atom is 0.419 e. The van der Waals surface area contributed by atoms with Gasteiger partial charge in [0.15, 0.2) is 0 Å². The van der Waals surface area contributed by atoms with E-state index in [0.29, 0.717) is 12.1 Å². The number of halogens is 4. The third-order valence-corrected chi connectivity index (χ3v) is 1.94. The van der Waals surface area contributed by atoms with Crippen molar-refractivity contribution < 1.29 is 22.4 Å². The molecule has 1 amide bonds. The van der Waals surface area contributed by atoms with Gasteiger partial charge in [-0.25, -0.2) is 4.39 Å². The largest absolute Gasteiger partial charge is 0.419 e. The van der Waals surface area contributed by atoms with Crippen LogP contribution in [0, 0.1) is 5.82 Å². The molecule has 1 N–H and O–H groups in total. The normalized spacial score (nSPS) is 11.1. The highest BCUT2D eigenvalue weighted by atomic mass is 19.4. The first-order valence-corrected chi connectivity index (χ1v) is 4.62. The Morgan fingerprint density at radius 1 is 1.41 bits per heavy atom. The molecule has 0 bridgehead atoms. The van der Waals surface area contributed by atoms with Crippen molar-refractivity contribution in [3.63, 3.8) is 0 Å². The molecule has 0 fully saturated rings. The van der Waals surface area contributed by atoms with E-state index >= 15 is 0 Å². The van der Waals surface area contributed by atoms with Crippen LogP contribution >= 0.6 is 0 Å². The molecule has 0 spiro atoms. The van der Waals surface area contributed by atoms with E-state index in [9.17, 15) is 22.4 Å². The summed E-state index contributed by atoms with van der Waals surface area (Å²) in [5, 5.41) is 2.30. The average Bonchev–Trinajstić information content (AvgIpc) is 2.25. The third-order valence-electron chi connectivity index (χ3n) is 1.94. The van der Waals surface area contributed by atoms with E-state index in [1.54, 1.807) is 0 Å². The van der Waals surface area contributed by atoms with Crippen molar-refractivity contribution in [1.82, 2.24) is 5.32 Å². The molecule has 0 atom stereocenters. The van der Waals surface area contributed by atoms with Gasteiger partial charge in [-0.15, -0.1) is 6.58 Å². The van der Waals surface area contributed by atoms with Crippen LogP contribution in [-0.4, -0.2) is 12.5 Å². The maximum absolute atomic E-state index is 12.9. The molecule has 0 saturated carbocycles. The summed E-state index contributed by atoms with van der Waals surface area (Å²) in [6, 6.07) is 2.09. The number of hydrogen-bond donors (Lipinski definition) is 1. The highest BCUT2D eigenvalue weighted by Crippen LogP contribution is 2.31. The van der Waals surface area contributed by atoms with E-state index in [-0.39, 0.29) is 12.1 Å². The maximum atomic E-state index is 12.9. The van der Waals surface area contributed by atoms with E-state index in [1.165, 1.54) is 6.08 Å². The number of alkyl halides is 3. The first-order valence-electron chi connectivity index (χ1n) is 4.62. The van der Waals surface area contributed by atoms with E-state index < -0.39 is 23.5 Å². The molecule has 1 rings (SSSR count). The molecule has 2 nitrogen and oxygen atoms in total. The molecule has 0 radical (unpaired) electrons. The topological polar surface area (TPSA) is 29.1 Å². The van der Waals surface area contributed by atoms with Crippen LogP contribution < -0.4 is 5.32 Å². The lowest BCUT2D eigenvalue weighted by Gasteiger charge is -2.09. The Balaban J connectivity index is 3.04. The minimum absolute atomic E-state index is 0.123. The fraction of sp³-hybridized carbons (Fsp3) is 0.182. The van der Waals surface area contributed by atoms with Crippen molar-refractivity contribution in [1.29, 1.82) is 0 Å². The first kappa shape index (κ1) is 13.2. The SMILES string of the molecule is C=CCNC(=O)c1ccc(F)c(C(F)(F)F)c1. The number of rotatable bonds is 3. The molecule has 0 aliphatic rings. The van der Waals surface area contributed by atoms with E-state index in [4.69, 9.17) is 0 Å². The number of benzene rings is 1. The Kier molecular flexibility index (Phi) is 3.88. The molecule has 1 aromatic rings. The predicted molar refractivity (Wildman–Crippen MR) is 53.9 cm³/mol. The first-order chi connectivity index (χ1) is 7.86. The molecular weight excluding hydrogens is 238 g/mol. The fourth-order valence-corrected chi connectivity index (χ4v) is 1.15. The second kappa shape index (κ2) is 4.99. The van der Waals surface area contributed by atoms with Crippen LogP contribution in [0.4, 0.5) is 17.6 Å². The zero-order valence-corrected chi connectivity index (χ0v) is 8.64. The van der Waals surface area contributed by atoms with Gasteiger partial charge in [-0.2, -0.15) is 13.2 Å². The van der Waals surface area contributed by atoms with Gasteiger partial charge in [0.25, 0.3) is 5.91 Å². The van der Waals surface area contributed by atoms with Crippen molar-refractivity contribution in [2.45, 2.75) is 6.18 Å². The lowest BCUT2D eigenvalue weighted by molar-refractivity contribution is -0.140. The lowest BCUT2D eigenvalue weighted by atomic mass is 10.1. The zero-order chi connectivity index (χ0) is 13.1. The smallest absolute Gasteiger partial charge is 0.349 e. The van der Waals surface area contributed by atoms with Crippen molar-refractivity contribution in [3.05, 3.63) is 47.8 Å². The number of carbonyl (C=O) groups excluding carboxylic acids is 1. The number of carbonyl (C=O) groups is 1. The fourth-order valence-electron chi connectivity index (χ4n) is 1.15. The van der Waals surface area contributed by atoms with Crippen molar-refractivity contribution in [3.8, 4) is 0 Å². The Labute approximate surface area is 94.9 Å². The molecule has 0 aromatic heterocycles. The second-order valence-electron chi connectivity index (χ2n) is 3.19. The summed E-state index contributed by atoms with van der Waals surface area (Å²) in [6.07, 6.45) is -3.44. The Morgan fingerprint density at radius 2 is 2.06 bits per heavy atom. The van der Waals surface area contributed by atoms with Crippen LogP contribution in [0.3, 0.4) is 0 Å². The molecule has 0 unspecified atom stereocenters. The van der Waals surface area contributed by atoms with E-state index in [1.807, 2.05) is 0 Å². The Hall–Kier alpha value is -1.85. The molecule has 0 aliphatic heterocycles. The van der Waals surface area contributed by atoms with Crippen LogP contribution in [0.25, 0.3) is 0 Å². The summed E-state index contributed by atoms with van der Waals surface area (Å²) < 4.78 is 50.0. The third kappa shape index (κ3) is 3.30. The van der Waals surface area contributed by atoms with E-state index in [0.717, 1.165) is 6.07 Å². The molecule has 0 aliphatic carbocycles. The number of hydrogen-bond acceptors (Lipinski definition) is 1. The summed E-state index contributed by atoms with van der Waals surface area (Å²) in [4.78, 5) is 11.3. The summed E-state index contributed by atoms with van der Waals surface area (Å²) in [7, 11) is 0. The number of amides is 1. The molecule has 6 heteroatoms. The van der Waals surface area contributed by atoms with Crippen LogP contribution in [-0.2, 0) is 6.18 Å². The van der Waals surface area contributed by atoms with Gasteiger partial charge in [0.2, 0.25) is 0 Å². The second-order valence-corrected chi connectivity index (χ2v) is 3.19. The molecule has 17 heavy (non-hydrogen) atoms. The average molecular weight is 247 g/mol. The lowest BCUT2D eigenvalue weighted by Crippen LogP contribution is -2.24. The van der Waals surface area contributed by atoms with Gasteiger partial charge in [0, 0.05) is 12.1 Å². The van der Waals surface area contributed by atoms with E-state index in [2.05, 4.69) is 11.9 Å². The van der Waals surface area contributed by atoms with Crippen LogP contribution in [0.5, 0.6) is 0 Å². The van der Waals surface area contributed by atoms with Gasteiger partial charge < -0.3 is 5.32 Å². The van der Waals surface area contributed by atoms with Crippen LogP contribution in [0.1, 0.15) is 15.9 Å². The molecule has 0 heterocycles. The summed E-state index contributed by atoms with van der Waals surface area (Å²) in [6.45, 7) is 3.47. The van der Waals surface area contributed by atoms with Gasteiger partial charge in [0.05, 0.1) is 5.56 Å². The molecular formula is C11H9F4NO.